The second-order valence-corrected chi connectivity index (χ2v) is 7.16. The van der Waals surface area contributed by atoms with E-state index >= 15 is 0 Å². The van der Waals surface area contributed by atoms with E-state index in [2.05, 4.69) is 51.9 Å². The number of hydrogen-bond acceptors (Lipinski definition) is 2. The molecule has 0 spiro atoms. The van der Waals surface area contributed by atoms with Crippen molar-refractivity contribution in [1.82, 2.24) is 10.2 Å². The van der Waals surface area contributed by atoms with Gasteiger partial charge >= 0.3 is 0 Å². The lowest BCUT2D eigenvalue weighted by Gasteiger charge is -2.39. The Hall–Kier alpha value is -0.0800. The highest BCUT2D eigenvalue weighted by Gasteiger charge is 2.30. The first-order chi connectivity index (χ1) is 8.95. The maximum atomic E-state index is 3.79. The van der Waals surface area contributed by atoms with Crippen molar-refractivity contribution in [1.29, 1.82) is 0 Å². The smallest absolute Gasteiger partial charge is 0.0108 e. The molecular weight excluding hydrogens is 232 g/mol. The van der Waals surface area contributed by atoms with Crippen molar-refractivity contribution in [2.45, 2.75) is 72.4 Å². The Balaban J connectivity index is 2.53. The lowest BCUT2D eigenvalue weighted by molar-refractivity contribution is 0.122. The van der Waals surface area contributed by atoms with Crippen LogP contribution in [0, 0.1) is 17.8 Å². The molecule has 1 aliphatic rings. The average molecular weight is 268 g/mol. The fourth-order valence-corrected chi connectivity index (χ4v) is 3.34. The molecule has 2 nitrogen and oxygen atoms in total. The van der Waals surface area contributed by atoms with Crippen LogP contribution in [-0.4, -0.2) is 37.1 Å². The van der Waals surface area contributed by atoms with Crippen molar-refractivity contribution >= 4 is 0 Å². The van der Waals surface area contributed by atoms with Crippen molar-refractivity contribution < 1.29 is 0 Å². The van der Waals surface area contributed by atoms with Crippen molar-refractivity contribution in [3.05, 3.63) is 0 Å². The molecule has 2 heteroatoms. The average Bonchev–Trinajstić information content (AvgIpc) is 2.36. The summed E-state index contributed by atoms with van der Waals surface area (Å²) in [6.07, 6.45) is 5.42. The van der Waals surface area contributed by atoms with E-state index in [0.717, 1.165) is 23.8 Å². The second kappa shape index (κ2) is 8.26. The largest absolute Gasteiger partial charge is 0.314 e. The number of nitrogens with zero attached hydrogens (tertiary/aromatic N) is 1. The van der Waals surface area contributed by atoms with Crippen LogP contribution in [0.5, 0.6) is 0 Å². The Bertz CT molecular complexity index is 237. The topological polar surface area (TPSA) is 15.3 Å². The zero-order valence-electron chi connectivity index (χ0n) is 14.1. The van der Waals surface area contributed by atoms with E-state index in [9.17, 15) is 0 Å². The van der Waals surface area contributed by atoms with E-state index in [1.807, 2.05) is 0 Å². The Kier molecular flexibility index (Phi) is 7.38. The highest BCUT2D eigenvalue weighted by atomic mass is 15.1. The van der Waals surface area contributed by atoms with Gasteiger partial charge in [0, 0.05) is 18.6 Å². The van der Waals surface area contributed by atoms with Crippen LogP contribution < -0.4 is 5.32 Å². The summed E-state index contributed by atoms with van der Waals surface area (Å²) in [4.78, 5) is 2.58. The summed E-state index contributed by atoms with van der Waals surface area (Å²) in [6.45, 7) is 14.2. The minimum Gasteiger partial charge on any atom is -0.314 e. The van der Waals surface area contributed by atoms with Gasteiger partial charge in [-0.2, -0.15) is 0 Å². The van der Waals surface area contributed by atoms with Gasteiger partial charge in [0.1, 0.15) is 0 Å². The van der Waals surface area contributed by atoms with Crippen LogP contribution >= 0.6 is 0 Å². The molecule has 1 saturated carbocycles. The molecule has 0 amide bonds. The third kappa shape index (κ3) is 5.43. The Labute approximate surface area is 121 Å². The van der Waals surface area contributed by atoms with Crippen LogP contribution in [0.4, 0.5) is 0 Å². The first kappa shape index (κ1) is 17.0. The van der Waals surface area contributed by atoms with Crippen molar-refractivity contribution in [3.63, 3.8) is 0 Å². The second-order valence-electron chi connectivity index (χ2n) is 7.16. The van der Waals surface area contributed by atoms with E-state index in [0.29, 0.717) is 6.04 Å². The van der Waals surface area contributed by atoms with Crippen LogP contribution in [-0.2, 0) is 0 Å². The van der Waals surface area contributed by atoms with Crippen LogP contribution in [0.2, 0.25) is 0 Å². The molecule has 0 bridgehead atoms. The Morgan fingerprint density at radius 1 is 1.21 bits per heavy atom. The third-order valence-electron chi connectivity index (χ3n) is 5.08. The minimum atomic E-state index is 0.684. The summed E-state index contributed by atoms with van der Waals surface area (Å²) < 4.78 is 0. The quantitative estimate of drug-likeness (QED) is 0.756. The molecule has 1 rings (SSSR count). The van der Waals surface area contributed by atoms with Gasteiger partial charge in [-0.1, -0.05) is 27.7 Å². The normalized spacial score (nSPS) is 30.0. The van der Waals surface area contributed by atoms with Crippen LogP contribution in [0.1, 0.15) is 60.3 Å². The highest BCUT2D eigenvalue weighted by molar-refractivity contribution is 4.86. The van der Waals surface area contributed by atoms with Gasteiger partial charge in [0.15, 0.2) is 0 Å². The summed E-state index contributed by atoms with van der Waals surface area (Å²) in [5.74, 6) is 2.49. The van der Waals surface area contributed by atoms with Gasteiger partial charge in [-0.15, -0.1) is 0 Å². The molecule has 0 radical (unpaired) electrons. The molecule has 0 saturated heterocycles. The van der Waals surface area contributed by atoms with Crippen LogP contribution in [0.3, 0.4) is 0 Å². The Morgan fingerprint density at radius 3 is 2.47 bits per heavy atom. The predicted molar refractivity (Wildman–Crippen MR) is 85.5 cm³/mol. The molecule has 1 N–H and O–H groups in total. The zero-order valence-corrected chi connectivity index (χ0v) is 14.1. The minimum absolute atomic E-state index is 0.684. The molecular formula is C17H36N2. The fourth-order valence-electron chi connectivity index (χ4n) is 3.34. The van der Waals surface area contributed by atoms with E-state index in [1.165, 1.54) is 38.8 Å². The Morgan fingerprint density at radius 2 is 1.89 bits per heavy atom. The molecule has 0 aromatic heterocycles. The van der Waals surface area contributed by atoms with E-state index < -0.39 is 0 Å². The molecule has 0 aromatic carbocycles. The lowest BCUT2D eigenvalue weighted by Crippen LogP contribution is -2.47. The SMILES string of the molecule is CCCNC1CCC(C)CC1CN(C)C(C)C(C)C. The summed E-state index contributed by atoms with van der Waals surface area (Å²) in [5.41, 5.74) is 0. The molecule has 1 fully saturated rings. The van der Waals surface area contributed by atoms with Gasteiger partial charge in [-0.25, -0.2) is 0 Å². The van der Waals surface area contributed by atoms with Crippen molar-refractivity contribution in [2.75, 3.05) is 20.1 Å². The van der Waals surface area contributed by atoms with Crippen molar-refractivity contribution in [3.8, 4) is 0 Å². The predicted octanol–water partition coefficient (Wildman–Crippen LogP) is 3.77. The van der Waals surface area contributed by atoms with Gasteiger partial charge in [0.25, 0.3) is 0 Å². The maximum Gasteiger partial charge on any atom is 0.0108 e. The molecule has 114 valence electrons. The van der Waals surface area contributed by atoms with Gasteiger partial charge in [0.05, 0.1) is 0 Å². The summed E-state index contributed by atoms with van der Waals surface area (Å²) >= 11 is 0. The van der Waals surface area contributed by atoms with Gasteiger partial charge in [-0.3, -0.25) is 0 Å². The van der Waals surface area contributed by atoms with Crippen molar-refractivity contribution in [2.24, 2.45) is 17.8 Å². The van der Waals surface area contributed by atoms with Gasteiger partial charge in [-0.05, 0) is 64.0 Å². The van der Waals surface area contributed by atoms with Crippen LogP contribution in [0.25, 0.3) is 0 Å². The lowest BCUT2D eigenvalue weighted by atomic mass is 9.78. The number of nitrogens with one attached hydrogen (secondary N) is 1. The third-order valence-corrected chi connectivity index (χ3v) is 5.08. The molecule has 1 aliphatic carbocycles. The molecule has 4 unspecified atom stereocenters. The monoisotopic (exact) mass is 268 g/mol. The highest BCUT2D eigenvalue weighted by Crippen LogP contribution is 2.30. The molecule has 4 atom stereocenters. The maximum absolute atomic E-state index is 3.79. The first-order valence-electron chi connectivity index (χ1n) is 8.39. The van der Waals surface area contributed by atoms with Crippen LogP contribution in [0.15, 0.2) is 0 Å². The van der Waals surface area contributed by atoms with Gasteiger partial charge in [0.2, 0.25) is 0 Å². The first-order valence-corrected chi connectivity index (χ1v) is 8.39. The summed E-state index contributed by atoms with van der Waals surface area (Å²) in [6, 6.07) is 1.43. The summed E-state index contributed by atoms with van der Waals surface area (Å²) in [5, 5.41) is 3.79. The van der Waals surface area contributed by atoms with E-state index in [1.54, 1.807) is 0 Å². The molecule has 19 heavy (non-hydrogen) atoms. The van der Waals surface area contributed by atoms with E-state index in [-0.39, 0.29) is 0 Å². The molecule has 0 heterocycles. The van der Waals surface area contributed by atoms with E-state index in [4.69, 9.17) is 0 Å². The standard InChI is InChI=1S/C17H36N2/c1-7-10-18-17-9-8-14(4)11-16(17)12-19(6)15(5)13(2)3/h13-18H,7-12H2,1-6H3. The zero-order chi connectivity index (χ0) is 14.4. The molecule has 0 aliphatic heterocycles. The molecule has 0 aromatic rings. The number of hydrogen-bond donors (Lipinski definition) is 1. The van der Waals surface area contributed by atoms with Gasteiger partial charge < -0.3 is 10.2 Å². The summed E-state index contributed by atoms with van der Waals surface area (Å²) in [7, 11) is 2.31. The fraction of sp³-hybridized carbons (Fsp3) is 1.00. The number of rotatable bonds is 7.